The van der Waals surface area contributed by atoms with E-state index >= 15 is 0 Å². The minimum Gasteiger partial charge on any atom is -0.350 e. The summed E-state index contributed by atoms with van der Waals surface area (Å²) in [5.74, 6) is -0.254. The second-order valence-corrected chi connectivity index (χ2v) is 4.98. The lowest BCUT2D eigenvalue weighted by molar-refractivity contribution is -0.123. The van der Waals surface area contributed by atoms with Crippen LogP contribution in [-0.2, 0) is 11.3 Å². The molecule has 0 saturated carbocycles. The summed E-state index contributed by atoms with van der Waals surface area (Å²) in [5, 5.41) is 2.83. The number of aryl methyl sites for hydroxylation is 1. The zero-order valence-corrected chi connectivity index (χ0v) is 11.2. The largest absolute Gasteiger partial charge is 0.350 e. The van der Waals surface area contributed by atoms with Gasteiger partial charge in [0.15, 0.2) is 0 Å². The van der Waals surface area contributed by atoms with Crippen LogP contribution in [0.25, 0.3) is 0 Å². The van der Waals surface area contributed by atoms with Gasteiger partial charge in [-0.2, -0.15) is 0 Å². The van der Waals surface area contributed by atoms with Crippen molar-refractivity contribution in [3.05, 3.63) is 32.6 Å². The van der Waals surface area contributed by atoms with Gasteiger partial charge in [0.2, 0.25) is 5.91 Å². The van der Waals surface area contributed by atoms with Crippen molar-refractivity contribution in [3.63, 3.8) is 0 Å². The lowest BCUT2D eigenvalue weighted by Gasteiger charge is -2.24. The van der Waals surface area contributed by atoms with E-state index in [0.717, 1.165) is 6.42 Å². The molecule has 1 aromatic heterocycles. The zero-order chi connectivity index (χ0) is 13.9. The lowest BCUT2D eigenvalue weighted by Crippen LogP contribution is -2.45. The van der Waals surface area contributed by atoms with Gasteiger partial charge in [-0.05, 0) is 27.2 Å². The molecule has 2 N–H and O–H groups in total. The van der Waals surface area contributed by atoms with Gasteiger partial charge in [0, 0.05) is 17.3 Å². The summed E-state index contributed by atoms with van der Waals surface area (Å²) >= 11 is 0. The number of aromatic amines is 1. The maximum Gasteiger partial charge on any atom is 0.328 e. The number of H-pyrrole nitrogens is 1. The Morgan fingerprint density at radius 3 is 2.61 bits per heavy atom. The Labute approximate surface area is 105 Å². The van der Waals surface area contributed by atoms with Gasteiger partial charge in [0.1, 0.15) is 6.54 Å². The third-order valence-corrected chi connectivity index (χ3v) is 2.86. The summed E-state index contributed by atoms with van der Waals surface area (Å²) in [6.45, 7) is 7.27. The molecule has 0 bridgehead atoms. The molecule has 0 fully saturated rings. The highest BCUT2D eigenvalue weighted by Crippen LogP contribution is 2.06. The van der Waals surface area contributed by atoms with Crippen LogP contribution < -0.4 is 16.6 Å². The lowest BCUT2D eigenvalue weighted by atomic mass is 10.0. The summed E-state index contributed by atoms with van der Waals surface area (Å²) in [7, 11) is 0. The van der Waals surface area contributed by atoms with Gasteiger partial charge in [-0.1, -0.05) is 6.92 Å². The minimum atomic E-state index is -0.574. The first-order valence-corrected chi connectivity index (χ1v) is 5.86. The molecule has 1 heterocycles. The first-order valence-electron chi connectivity index (χ1n) is 5.86. The number of hydrogen-bond acceptors (Lipinski definition) is 3. The van der Waals surface area contributed by atoms with E-state index in [9.17, 15) is 14.4 Å². The van der Waals surface area contributed by atoms with Gasteiger partial charge in [0.25, 0.3) is 5.56 Å². The summed E-state index contributed by atoms with van der Waals surface area (Å²) in [4.78, 5) is 36.6. The van der Waals surface area contributed by atoms with E-state index < -0.39 is 11.2 Å². The van der Waals surface area contributed by atoms with Gasteiger partial charge in [0.05, 0.1) is 0 Å². The fourth-order valence-corrected chi connectivity index (χ4v) is 1.40. The molecule has 18 heavy (non-hydrogen) atoms. The standard InChI is InChI=1S/C12H19N3O3/c1-5-12(3,4)14-9(16)7-15-6-8(2)10(17)13-11(15)18/h6H,5,7H2,1-4H3,(H,14,16)(H,13,17,18). The number of nitrogens with one attached hydrogen (secondary N) is 2. The van der Waals surface area contributed by atoms with Crippen LogP contribution in [0.1, 0.15) is 32.8 Å². The predicted octanol–water partition coefficient (Wildman–Crippen LogP) is 0.150. The smallest absolute Gasteiger partial charge is 0.328 e. The summed E-state index contributed by atoms with van der Waals surface area (Å²) in [6, 6.07) is 0. The van der Waals surface area contributed by atoms with Crippen LogP contribution in [0.5, 0.6) is 0 Å². The fraction of sp³-hybridized carbons (Fsp3) is 0.583. The molecule has 100 valence electrons. The number of hydrogen-bond donors (Lipinski definition) is 2. The number of carbonyl (C=O) groups excluding carboxylic acids is 1. The predicted molar refractivity (Wildman–Crippen MR) is 68.6 cm³/mol. The molecule has 0 aliphatic carbocycles. The van der Waals surface area contributed by atoms with E-state index in [4.69, 9.17) is 0 Å². The average Bonchev–Trinajstić information content (AvgIpc) is 2.25. The Balaban J connectivity index is 2.86. The number of carbonyl (C=O) groups is 1. The van der Waals surface area contributed by atoms with E-state index in [1.54, 1.807) is 6.92 Å². The molecule has 1 rings (SSSR count). The van der Waals surface area contributed by atoms with Crippen molar-refractivity contribution in [1.29, 1.82) is 0 Å². The number of rotatable bonds is 4. The SMILES string of the molecule is CCC(C)(C)NC(=O)Cn1cc(C)c(=O)[nH]c1=O. The van der Waals surface area contributed by atoms with E-state index in [0.29, 0.717) is 5.56 Å². The van der Waals surface area contributed by atoms with E-state index in [1.807, 2.05) is 20.8 Å². The minimum absolute atomic E-state index is 0.0973. The number of aromatic nitrogens is 2. The van der Waals surface area contributed by atoms with Gasteiger partial charge < -0.3 is 5.32 Å². The highest BCUT2D eigenvalue weighted by atomic mass is 16.2. The first-order chi connectivity index (χ1) is 8.25. The third kappa shape index (κ3) is 3.58. The van der Waals surface area contributed by atoms with Crippen LogP contribution in [-0.4, -0.2) is 21.0 Å². The van der Waals surface area contributed by atoms with Crippen LogP contribution in [0.2, 0.25) is 0 Å². The van der Waals surface area contributed by atoms with E-state index in [1.165, 1.54) is 10.8 Å². The number of nitrogens with zero attached hydrogens (tertiary/aromatic N) is 1. The summed E-state index contributed by atoms with van der Waals surface area (Å²) in [6.07, 6.45) is 2.18. The van der Waals surface area contributed by atoms with Crippen molar-refractivity contribution in [1.82, 2.24) is 14.9 Å². The molecule has 1 amide bonds. The third-order valence-electron chi connectivity index (χ3n) is 2.86. The molecule has 0 unspecified atom stereocenters. The fourth-order valence-electron chi connectivity index (χ4n) is 1.40. The Hall–Kier alpha value is -1.85. The zero-order valence-electron chi connectivity index (χ0n) is 11.2. The van der Waals surface area contributed by atoms with Gasteiger partial charge in [-0.25, -0.2) is 4.79 Å². The Bertz CT molecular complexity index is 554. The van der Waals surface area contributed by atoms with Crippen molar-refractivity contribution in [2.45, 2.75) is 46.2 Å². The molecule has 0 aromatic carbocycles. The molecule has 1 aromatic rings. The van der Waals surface area contributed by atoms with E-state index in [-0.39, 0.29) is 18.0 Å². The molecule has 0 aliphatic heterocycles. The van der Waals surface area contributed by atoms with Crippen molar-refractivity contribution in [3.8, 4) is 0 Å². The van der Waals surface area contributed by atoms with Gasteiger partial charge >= 0.3 is 5.69 Å². The van der Waals surface area contributed by atoms with Crippen LogP contribution in [0.4, 0.5) is 0 Å². The molecule has 0 atom stereocenters. The molecule has 0 aliphatic rings. The van der Waals surface area contributed by atoms with Crippen molar-refractivity contribution < 1.29 is 4.79 Å². The van der Waals surface area contributed by atoms with Crippen LogP contribution in [0, 0.1) is 6.92 Å². The molecular formula is C12H19N3O3. The molecule has 6 heteroatoms. The Morgan fingerprint density at radius 1 is 1.44 bits per heavy atom. The molecule has 0 radical (unpaired) electrons. The summed E-state index contributed by atoms with van der Waals surface area (Å²) in [5.41, 5.74) is -0.907. The molecular weight excluding hydrogens is 234 g/mol. The summed E-state index contributed by atoms with van der Waals surface area (Å²) < 4.78 is 1.19. The maximum absolute atomic E-state index is 11.8. The van der Waals surface area contributed by atoms with Gasteiger partial charge in [-0.3, -0.25) is 19.1 Å². The Kier molecular flexibility index (Phi) is 4.11. The number of amides is 1. The van der Waals surface area contributed by atoms with Crippen LogP contribution in [0.3, 0.4) is 0 Å². The van der Waals surface area contributed by atoms with Crippen molar-refractivity contribution in [2.24, 2.45) is 0 Å². The monoisotopic (exact) mass is 253 g/mol. The van der Waals surface area contributed by atoms with Crippen molar-refractivity contribution in [2.75, 3.05) is 0 Å². The Morgan fingerprint density at radius 2 is 2.06 bits per heavy atom. The topological polar surface area (TPSA) is 84.0 Å². The normalized spacial score (nSPS) is 11.3. The quantitative estimate of drug-likeness (QED) is 0.801. The van der Waals surface area contributed by atoms with Crippen LogP contribution >= 0.6 is 0 Å². The van der Waals surface area contributed by atoms with E-state index in [2.05, 4.69) is 10.3 Å². The second kappa shape index (κ2) is 5.20. The highest BCUT2D eigenvalue weighted by Gasteiger charge is 2.18. The maximum atomic E-state index is 11.8. The first kappa shape index (κ1) is 14.2. The molecule has 6 nitrogen and oxygen atoms in total. The molecule has 0 spiro atoms. The average molecular weight is 253 g/mol. The second-order valence-electron chi connectivity index (χ2n) is 4.98. The highest BCUT2D eigenvalue weighted by molar-refractivity contribution is 5.76. The van der Waals surface area contributed by atoms with Crippen LogP contribution in [0.15, 0.2) is 15.8 Å². The van der Waals surface area contributed by atoms with Crippen molar-refractivity contribution >= 4 is 5.91 Å². The molecule has 0 saturated heterocycles. The van der Waals surface area contributed by atoms with Gasteiger partial charge in [-0.15, -0.1) is 0 Å².